The van der Waals surface area contributed by atoms with Crippen molar-refractivity contribution in [3.63, 3.8) is 0 Å². The van der Waals surface area contributed by atoms with Crippen LogP contribution in [0.2, 0.25) is 0 Å². The highest BCUT2D eigenvalue weighted by atomic mass is 32.1. The van der Waals surface area contributed by atoms with Gasteiger partial charge in [-0.1, -0.05) is 12.1 Å². The summed E-state index contributed by atoms with van der Waals surface area (Å²) in [5, 5.41) is 1.99. The first-order chi connectivity index (χ1) is 10.7. The fourth-order valence-corrected chi connectivity index (χ4v) is 2.69. The van der Waals surface area contributed by atoms with Gasteiger partial charge in [-0.25, -0.2) is 0 Å². The largest absolute Gasteiger partial charge is 0.493 e. The summed E-state index contributed by atoms with van der Waals surface area (Å²) in [5.74, 6) is 1.40. The summed E-state index contributed by atoms with van der Waals surface area (Å²) in [4.78, 5) is 14.9. The molecule has 118 valence electrons. The van der Waals surface area contributed by atoms with Crippen molar-refractivity contribution in [2.75, 3.05) is 27.9 Å². The topological polar surface area (TPSA) is 48.0 Å². The third kappa shape index (κ3) is 3.92. The molecule has 0 aliphatic heterocycles. The maximum absolute atomic E-state index is 12.2. The van der Waals surface area contributed by atoms with Gasteiger partial charge in [0, 0.05) is 11.9 Å². The lowest BCUT2D eigenvalue weighted by Gasteiger charge is -2.18. The molecule has 1 heterocycles. The summed E-state index contributed by atoms with van der Waals surface area (Å²) in [6.45, 7) is 0.502. The Hall–Kier alpha value is -2.21. The second kappa shape index (κ2) is 7.70. The number of ether oxygens (including phenoxy) is 3. The van der Waals surface area contributed by atoms with E-state index in [9.17, 15) is 4.79 Å². The van der Waals surface area contributed by atoms with Gasteiger partial charge in [-0.3, -0.25) is 4.79 Å². The number of hydrogen-bond acceptors (Lipinski definition) is 5. The second-order valence-electron chi connectivity index (χ2n) is 4.61. The van der Waals surface area contributed by atoms with Gasteiger partial charge in [-0.05, 0) is 23.6 Å². The summed E-state index contributed by atoms with van der Waals surface area (Å²) in [7, 11) is 4.85. The highest BCUT2D eigenvalue weighted by molar-refractivity contribution is 7.09. The number of carbonyl (C=O) groups is 1. The third-order valence-corrected chi connectivity index (χ3v) is 3.98. The van der Waals surface area contributed by atoms with Gasteiger partial charge in [0.15, 0.2) is 18.1 Å². The molecule has 0 saturated heterocycles. The van der Waals surface area contributed by atoms with Gasteiger partial charge in [0.2, 0.25) is 5.75 Å². The Bertz CT molecular complexity index is 590. The van der Waals surface area contributed by atoms with Crippen molar-refractivity contribution in [3.05, 3.63) is 40.6 Å². The SMILES string of the molecule is COc1cccc(OC)c1OCC(=O)N(C)Cc1cccs1. The molecular weight excluding hydrogens is 302 g/mol. The fraction of sp³-hybridized carbons (Fsp3) is 0.312. The van der Waals surface area contributed by atoms with Crippen LogP contribution in [0, 0.1) is 0 Å². The molecule has 0 radical (unpaired) electrons. The molecule has 0 aliphatic rings. The number of rotatable bonds is 7. The second-order valence-corrected chi connectivity index (χ2v) is 5.64. The number of hydrogen-bond donors (Lipinski definition) is 0. The van der Waals surface area contributed by atoms with Crippen LogP contribution in [0.25, 0.3) is 0 Å². The Balaban J connectivity index is 1.98. The Kier molecular flexibility index (Phi) is 5.66. The minimum atomic E-state index is -0.110. The van der Waals surface area contributed by atoms with Gasteiger partial charge in [-0.15, -0.1) is 11.3 Å². The Morgan fingerprint density at radius 3 is 2.36 bits per heavy atom. The van der Waals surface area contributed by atoms with Gasteiger partial charge in [0.1, 0.15) is 0 Å². The van der Waals surface area contributed by atoms with Crippen LogP contribution in [0.15, 0.2) is 35.7 Å². The van der Waals surface area contributed by atoms with Crippen molar-refractivity contribution in [1.29, 1.82) is 0 Å². The molecular formula is C16H19NO4S. The summed E-state index contributed by atoms with van der Waals surface area (Å²) in [6, 6.07) is 9.29. The number of benzene rings is 1. The first kappa shape index (κ1) is 16.2. The van der Waals surface area contributed by atoms with E-state index in [0.717, 1.165) is 4.88 Å². The van der Waals surface area contributed by atoms with Crippen LogP contribution in [0.1, 0.15) is 4.88 Å². The van der Waals surface area contributed by atoms with Crippen LogP contribution in [0.3, 0.4) is 0 Å². The lowest BCUT2D eigenvalue weighted by molar-refractivity contribution is -0.132. The van der Waals surface area contributed by atoms with Gasteiger partial charge in [0.05, 0.1) is 20.8 Å². The minimum absolute atomic E-state index is 0.0708. The average molecular weight is 321 g/mol. The highest BCUT2D eigenvalue weighted by Crippen LogP contribution is 2.36. The number of amides is 1. The fourth-order valence-electron chi connectivity index (χ4n) is 1.93. The molecule has 0 atom stereocenters. The molecule has 2 aromatic rings. The number of nitrogens with zero attached hydrogens (tertiary/aromatic N) is 1. The predicted molar refractivity (Wildman–Crippen MR) is 85.8 cm³/mol. The summed E-state index contributed by atoms with van der Waals surface area (Å²) in [5.41, 5.74) is 0. The zero-order valence-electron chi connectivity index (χ0n) is 12.9. The summed E-state index contributed by atoms with van der Waals surface area (Å²) in [6.07, 6.45) is 0. The van der Waals surface area contributed by atoms with Gasteiger partial charge in [0.25, 0.3) is 5.91 Å². The molecule has 22 heavy (non-hydrogen) atoms. The maximum Gasteiger partial charge on any atom is 0.260 e. The van der Waals surface area contributed by atoms with E-state index >= 15 is 0 Å². The number of likely N-dealkylation sites (N-methyl/N-ethyl adjacent to an activating group) is 1. The molecule has 1 amide bonds. The molecule has 1 aromatic heterocycles. The average Bonchev–Trinajstić information content (AvgIpc) is 3.04. The monoisotopic (exact) mass is 321 g/mol. The van der Waals surface area contributed by atoms with Gasteiger partial charge < -0.3 is 19.1 Å². The zero-order chi connectivity index (χ0) is 15.9. The van der Waals surface area contributed by atoms with E-state index in [1.165, 1.54) is 0 Å². The Labute approximate surface area is 134 Å². The van der Waals surface area contributed by atoms with Crippen LogP contribution in [-0.4, -0.2) is 38.7 Å². The van der Waals surface area contributed by atoms with Crippen molar-refractivity contribution in [2.24, 2.45) is 0 Å². The molecule has 0 spiro atoms. The molecule has 0 aliphatic carbocycles. The van der Waals surface area contributed by atoms with E-state index in [2.05, 4.69) is 0 Å². The minimum Gasteiger partial charge on any atom is -0.493 e. The van der Waals surface area contributed by atoms with Crippen LogP contribution < -0.4 is 14.2 Å². The van der Waals surface area contributed by atoms with Crippen LogP contribution in [0.4, 0.5) is 0 Å². The van der Waals surface area contributed by atoms with E-state index in [0.29, 0.717) is 23.8 Å². The number of thiophene rings is 1. The van der Waals surface area contributed by atoms with E-state index in [-0.39, 0.29) is 12.5 Å². The number of para-hydroxylation sites is 1. The van der Waals surface area contributed by atoms with Crippen molar-refractivity contribution in [1.82, 2.24) is 4.90 Å². The number of carbonyl (C=O) groups excluding carboxylic acids is 1. The molecule has 2 rings (SSSR count). The standard InChI is InChI=1S/C16H19NO4S/c1-17(10-12-6-5-9-22-12)15(18)11-21-16-13(19-2)7-4-8-14(16)20-3/h4-9H,10-11H2,1-3H3. The molecule has 5 nitrogen and oxygen atoms in total. The van der Waals surface area contributed by atoms with Crippen LogP contribution in [0.5, 0.6) is 17.2 Å². The van der Waals surface area contributed by atoms with Crippen molar-refractivity contribution in [3.8, 4) is 17.2 Å². The van der Waals surface area contributed by atoms with E-state index in [1.54, 1.807) is 55.7 Å². The molecule has 0 N–H and O–H groups in total. The summed E-state index contributed by atoms with van der Waals surface area (Å²) >= 11 is 1.62. The van der Waals surface area contributed by atoms with Crippen molar-refractivity contribution < 1.29 is 19.0 Å². The van der Waals surface area contributed by atoms with Gasteiger partial charge in [-0.2, -0.15) is 0 Å². The van der Waals surface area contributed by atoms with E-state index in [1.807, 2.05) is 17.5 Å². The molecule has 0 unspecified atom stereocenters. The lowest BCUT2D eigenvalue weighted by Crippen LogP contribution is -2.30. The molecule has 0 fully saturated rings. The van der Waals surface area contributed by atoms with Crippen LogP contribution in [-0.2, 0) is 11.3 Å². The highest BCUT2D eigenvalue weighted by Gasteiger charge is 2.15. The van der Waals surface area contributed by atoms with Gasteiger partial charge >= 0.3 is 0 Å². The molecule has 0 bridgehead atoms. The van der Waals surface area contributed by atoms with E-state index in [4.69, 9.17) is 14.2 Å². The predicted octanol–water partition coefficient (Wildman–Crippen LogP) is 2.80. The quantitative estimate of drug-likeness (QED) is 0.787. The first-order valence-corrected chi connectivity index (χ1v) is 7.63. The number of methoxy groups -OCH3 is 2. The molecule has 6 heteroatoms. The molecule has 1 aromatic carbocycles. The smallest absolute Gasteiger partial charge is 0.260 e. The van der Waals surface area contributed by atoms with E-state index < -0.39 is 0 Å². The lowest BCUT2D eigenvalue weighted by atomic mass is 10.3. The van der Waals surface area contributed by atoms with Crippen molar-refractivity contribution in [2.45, 2.75) is 6.54 Å². The maximum atomic E-state index is 12.2. The Morgan fingerprint density at radius 1 is 1.14 bits per heavy atom. The summed E-state index contributed by atoms with van der Waals surface area (Å²) < 4.78 is 16.1. The Morgan fingerprint density at radius 2 is 1.82 bits per heavy atom. The molecule has 0 saturated carbocycles. The third-order valence-electron chi connectivity index (χ3n) is 3.12. The normalized spacial score (nSPS) is 10.1. The zero-order valence-corrected chi connectivity index (χ0v) is 13.7. The first-order valence-electron chi connectivity index (χ1n) is 6.76. The van der Waals surface area contributed by atoms with Crippen LogP contribution >= 0.6 is 11.3 Å². The van der Waals surface area contributed by atoms with Crippen molar-refractivity contribution >= 4 is 17.2 Å².